The first-order valence-corrected chi connectivity index (χ1v) is 7.06. The van der Waals surface area contributed by atoms with Crippen molar-refractivity contribution in [3.05, 3.63) is 18.2 Å². The summed E-state index contributed by atoms with van der Waals surface area (Å²) in [5.41, 5.74) is 0. The molecule has 0 radical (unpaired) electrons. The van der Waals surface area contributed by atoms with E-state index < -0.39 is 0 Å². The molecule has 0 spiro atoms. The lowest BCUT2D eigenvalue weighted by Gasteiger charge is -2.20. The van der Waals surface area contributed by atoms with Gasteiger partial charge in [0, 0.05) is 25.0 Å². The van der Waals surface area contributed by atoms with Gasteiger partial charge in [0.1, 0.15) is 5.82 Å². The van der Waals surface area contributed by atoms with Crippen molar-refractivity contribution in [2.45, 2.75) is 52.7 Å². The summed E-state index contributed by atoms with van der Waals surface area (Å²) in [7, 11) is 2.18. The van der Waals surface area contributed by atoms with E-state index in [1.807, 2.05) is 6.20 Å². The number of aryl methyl sites for hydroxylation is 1. The van der Waals surface area contributed by atoms with E-state index in [-0.39, 0.29) is 0 Å². The van der Waals surface area contributed by atoms with E-state index in [1.54, 1.807) is 0 Å². The minimum Gasteiger partial charge on any atom is -0.334 e. The van der Waals surface area contributed by atoms with Crippen molar-refractivity contribution in [2.24, 2.45) is 0 Å². The molecule has 4 nitrogen and oxygen atoms in total. The minimum absolute atomic E-state index is 0.633. The monoisotopic (exact) mass is 252 g/mol. The summed E-state index contributed by atoms with van der Waals surface area (Å²) in [4.78, 5) is 6.76. The van der Waals surface area contributed by atoms with E-state index >= 15 is 0 Å². The lowest BCUT2D eigenvalue weighted by atomic mass is 10.3. The lowest BCUT2D eigenvalue weighted by molar-refractivity contribution is 0.269. The summed E-state index contributed by atoms with van der Waals surface area (Å²) in [5, 5.41) is 3.47. The van der Waals surface area contributed by atoms with Crippen LogP contribution in [0.4, 0.5) is 0 Å². The van der Waals surface area contributed by atoms with Crippen molar-refractivity contribution in [3.8, 4) is 0 Å². The van der Waals surface area contributed by atoms with E-state index in [9.17, 15) is 0 Å². The molecule has 18 heavy (non-hydrogen) atoms. The molecule has 0 saturated carbocycles. The fourth-order valence-corrected chi connectivity index (χ4v) is 1.86. The molecule has 0 fully saturated rings. The fraction of sp³-hybridized carbons (Fsp3) is 0.786. The number of nitrogens with zero attached hydrogens (tertiary/aromatic N) is 3. The second-order valence-electron chi connectivity index (χ2n) is 5.14. The Bertz CT molecular complexity index is 319. The van der Waals surface area contributed by atoms with Gasteiger partial charge in [-0.05, 0) is 46.8 Å². The Morgan fingerprint density at radius 3 is 2.89 bits per heavy atom. The topological polar surface area (TPSA) is 33.1 Å². The molecule has 4 heteroatoms. The van der Waals surface area contributed by atoms with E-state index in [0.717, 1.165) is 38.4 Å². The maximum absolute atomic E-state index is 4.39. The van der Waals surface area contributed by atoms with Gasteiger partial charge in [-0.25, -0.2) is 4.98 Å². The predicted octanol–water partition coefficient (Wildman–Crippen LogP) is 2.11. The smallest absolute Gasteiger partial charge is 0.122 e. The molecule has 0 atom stereocenters. The molecular formula is C14H28N4. The molecule has 0 aliphatic rings. The van der Waals surface area contributed by atoms with Gasteiger partial charge in [-0.2, -0.15) is 0 Å². The summed E-state index contributed by atoms with van der Waals surface area (Å²) < 4.78 is 2.23. The van der Waals surface area contributed by atoms with Crippen LogP contribution >= 0.6 is 0 Å². The molecule has 1 heterocycles. The van der Waals surface area contributed by atoms with E-state index in [0.29, 0.717) is 6.04 Å². The number of aromatic nitrogens is 2. The number of imidazole rings is 1. The van der Waals surface area contributed by atoms with Crippen LogP contribution < -0.4 is 5.32 Å². The lowest BCUT2D eigenvalue weighted by Crippen LogP contribution is -2.29. The van der Waals surface area contributed by atoms with E-state index in [4.69, 9.17) is 0 Å². The van der Waals surface area contributed by atoms with Crippen molar-refractivity contribution < 1.29 is 0 Å². The Labute approximate surface area is 111 Å². The van der Waals surface area contributed by atoms with Crippen LogP contribution in [0, 0.1) is 0 Å². The molecule has 0 aliphatic heterocycles. The highest BCUT2D eigenvalue weighted by molar-refractivity contribution is 4.91. The van der Waals surface area contributed by atoms with Gasteiger partial charge < -0.3 is 14.8 Å². The average molecular weight is 252 g/mol. The van der Waals surface area contributed by atoms with Gasteiger partial charge in [-0.1, -0.05) is 6.92 Å². The highest BCUT2D eigenvalue weighted by atomic mass is 15.1. The average Bonchev–Trinajstić information content (AvgIpc) is 2.76. The zero-order valence-electron chi connectivity index (χ0n) is 12.3. The van der Waals surface area contributed by atoms with Crippen LogP contribution in [0.5, 0.6) is 0 Å². The third-order valence-electron chi connectivity index (χ3n) is 3.30. The van der Waals surface area contributed by atoms with Gasteiger partial charge in [0.15, 0.2) is 0 Å². The molecule has 0 saturated heterocycles. The summed E-state index contributed by atoms with van der Waals surface area (Å²) in [6, 6.07) is 0.633. The zero-order valence-corrected chi connectivity index (χ0v) is 12.3. The Morgan fingerprint density at radius 2 is 2.22 bits per heavy atom. The van der Waals surface area contributed by atoms with Crippen molar-refractivity contribution in [1.82, 2.24) is 19.8 Å². The summed E-state index contributed by atoms with van der Waals surface area (Å²) in [6.07, 6.45) is 6.29. The zero-order chi connectivity index (χ0) is 13.4. The summed E-state index contributed by atoms with van der Waals surface area (Å²) in [6.45, 7) is 10.8. The molecule has 0 aromatic carbocycles. The molecular weight excluding hydrogens is 224 g/mol. The molecule has 1 aromatic heterocycles. The maximum atomic E-state index is 4.39. The SMILES string of the molecule is CCCn1ccnc1CNCCCN(C)C(C)C. The van der Waals surface area contributed by atoms with Gasteiger partial charge in [-0.3, -0.25) is 0 Å². The minimum atomic E-state index is 0.633. The van der Waals surface area contributed by atoms with Crippen LogP contribution in [0.25, 0.3) is 0 Å². The third-order valence-corrected chi connectivity index (χ3v) is 3.30. The van der Waals surface area contributed by atoms with Gasteiger partial charge in [0.25, 0.3) is 0 Å². The van der Waals surface area contributed by atoms with Crippen molar-refractivity contribution in [2.75, 3.05) is 20.1 Å². The van der Waals surface area contributed by atoms with E-state index in [1.165, 1.54) is 6.42 Å². The quantitative estimate of drug-likeness (QED) is 0.683. The third kappa shape index (κ3) is 5.19. The molecule has 0 amide bonds. The Balaban J connectivity index is 2.16. The van der Waals surface area contributed by atoms with Crippen molar-refractivity contribution in [3.63, 3.8) is 0 Å². The van der Waals surface area contributed by atoms with Crippen LogP contribution in [0.3, 0.4) is 0 Å². The fourth-order valence-electron chi connectivity index (χ4n) is 1.86. The van der Waals surface area contributed by atoms with Gasteiger partial charge in [-0.15, -0.1) is 0 Å². The van der Waals surface area contributed by atoms with Crippen LogP contribution in [-0.2, 0) is 13.1 Å². The van der Waals surface area contributed by atoms with E-state index in [2.05, 4.69) is 53.8 Å². The van der Waals surface area contributed by atoms with Crippen molar-refractivity contribution in [1.29, 1.82) is 0 Å². The van der Waals surface area contributed by atoms with Gasteiger partial charge in [0.2, 0.25) is 0 Å². The summed E-state index contributed by atoms with van der Waals surface area (Å²) in [5.74, 6) is 1.15. The first-order valence-electron chi connectivity index (χ1n) is 7.06. The molecule has 1 N–H and O–H groups in total. The highest BCUT2D eigenvalue weighted by Gasteiger charge is 2.03. The van der Waals surface area contributed by atoms with Crippen LogP contribution in [0.1, 0.15) is 39.4 Å². The standard InChI is InChI=1S/C14H28N4/c1-5-9-18-11-8-16-14(18)12-15-7-6-10-17(4)13(2)3/h8,11,13,15H,5-7,9-10,12H2,1-4H3. The second kappa shape index (κ2) is 8.27. The van der Waals surface area contributed by atoms with Gasteiger partial charge >= 0.3 is 0 Å². The number of hydrogen-bond acceptors (Lipinski definition) is 3. The summed E-state index contributed by atoms with van der Waals surface area (Å²) >= 11 is 0. The van der Waals surface area contributed by atoms with Crippen molar-refractivity contribution >= 4 is 0 Å². The molecule has 0 bridgehead atoms. The van der Waals surface area contributed by atoms with Crippen LogP contribution in [-0.4, -0.2) is 40.6 Å². The van der Waals surface area contributed by atoms with Crippen LogP contribution in [0.15, 0.2) is 12.4 Å². The highest BCUT2D eigenvalue weighted by Crippen LogP contribution is 1.99. The number of rotatable bonds is 9. The first kappa shape index (κ1) is 15.2. The molecule has 0 unspecified atom stereocenters. The molecule has 104 valence electrons. The Morgan fingerprint density at radius 1 is 1.44 bits per heavy atom. The van der Waals surface area contributed by atoms with Gasteiger partial charge in [0.05, 0.1) is 6.54 Å². The normalized spacial score (nSPS) is 11.7. The predicted molar refractivity (Wildman–Crippen MR) is 76.6 cm³/mol. The number of hydrogen-bond donors (Lipinski definition) is 1. The molecule has 0 aliphatic carbocycles. The molecule has 1 rings (SSSR count). The number of nitrogens with one attached hydrogen (secondary N) is 1. The maximum Gasteiger partial charge on any atom is 0.122 e. The molecule has 1 aromatic rings. The second-order valence-corrected chi connectivity index (χ2v) is 5.14. The van der Waals surface area contributed by atoms with Crippen LogP contribution in [0.2, 0.25) is 0 Å². The first-order chi connectivity index (χ1) is 8.65. The largest absolute Gasteiger partial charge is 0.334 e. The Hall–Kier alpha value is -0.870. The Kier molecular flexibility index (Phi) is 6.98.